The first-order valence-electron chi connectivity index (χ1n) is 10.1. The molecular weight excluding hydrogens is 342 g/mol. The smallest absolute Gasteiger partial charge is 0.168 e. The van der Waals surface area contributed by atoms with Crippen molar-refractivity contribution >= 4 is 0 Å². The number of hydrogen-bond acceptors (Lipinski definition) is 2. The zero-order valence-corrected chi connectivity index (χ0v) is 18.6. The average molecular weight is 376 g/mol. The molecular formula is C25H33N3. The Bertz CT molecular complexity index is 944. The lowest BCUT2D eigenvalue weighted by molar-refractivity contribution is 0.397. The van der Waals surface area contributed by atoms with Crippen LogP contribution in [0, 0.1) is 19.3 Å². The monoisotopic (exact) mass is 375 g/mol. The lowest BCUT2D eigenvalue weighted by Crippen LogP contribution is -2.17. The second-order valence-electron chi connectivity index (χ2n) is 10.1. The Labute approximate surface area is 169 Å². The Morgan fingerprint density at radius 2 is 1.39 bits per heavy atom. The maximum Gasteiger partial charge on any atom is 0.168 e. The van der Waals surface area contributed by atoms with Crippen molar-refractivity contribution in [3.63, 3.8) is 0 Å². The van der Waals surface area contributed by atoms with Gasteiger partial charge in [-0.15, -0.1) is 10.2 Å². The number of nitrogens with zero attached hydrogens (tertiary/aromatic N) is 3. The normalized spacial score (nSPS) is 12.4. The molecule has 0 radical (unpaired) electrons. The van der Waals surface area contributed by atoms with Gasteiger partial charge in [-0.3, -0.25) is 4.57 Å². The van der Waals surface area contributed by atoms with Gasteiger partial charge in [0.05, 0.1) is 5.69 Å². The van der Waals surface area contributed by atoms with Gasteiger partial charge in [0.1, 0.15) is 5.82 Å². The number of aryl methyl sites for hydroxylation is 2. The lowest BCUT2D eigenvalue weighted by atomic mass is 9.84. The van der Waals surface area contributed by atoms with Crippen LogP contribution in [-0.4, -0.2) is 14.8 Å². The van der Waals surface area contributed by atoms with Crippen LogP contribution in [0.25, 0.3) is 17.1 Å². The van der Waals surface area contributed by atoms with Crippen LogP contribution in [0.4, 0.5) is 0 Å². The highest BCUT2D eigenvalue weighted by Crippen LogP contribution is 2.33. The molecule has 0 aliphatic heterocycles. The Balaban J connectivity index is 2.27. The van der Waals surface area contributed by atoms with Crippen LogP contribution in [0.15, 0.2) is 42.5 Å². The quantitative estimate of drug-likeness (QED) is 0.527. The molecule has 0 saturated heterocycles. The Kier molecular flexibility index (Phi) is 5.22. The summed E-state index contributed by atoms with van der Waals surface area (Å²) in [6.45, 7) is 17.9. The van der Waals surface area contributed by atoms with E-state index in [4.69, 9.17) is 0 Å². The minimum Gasteiger partial charge on any atom is -0.278 e. The number of rotatable bonds is 3. The van der Waals surface area contributed by atoms with Crippen molar-refractivity contribution in [3.05, 3.63) is 65.0 Å². The van der Waals surface area contributed by atoms with E-state index in [1.165, 1.54) is 22.4 Å². The Morgan fingerprint density at radius 3 is 1.89 bits per heavy atom. The maximum absolute atomic E-state index is 4.62. The van der Waals surface area contributed by atoms with Gasteiger partial charge in [-0.05, 0) is 41.4 Å². The molecule has 0 aliphatic carbocycles. The molecule has 2 aromatic carbocycles. The van der Waals surface area contributed by atoms with Crippen molar-refractivity contribution < 1.29 is 0 Å². The van der Waals surface area contributed by atoms with E-state index < -0.39 is 0 Å². The fourth-order valence-electron chi connectivity index (χ4n) is 3.66. The standard InChI is InChI=1S/C25H33N3/c1-17-14-20(25(6,7)8)15-18(2)22(17)28-21(16-24(3,4)5)26-27-23(28)19-12-10-9-11-13-19/h9-15H,16H2,1-8H3. The van der Waals surface area contributed by atoms with E-state index in [9.17, 15) is 0 Å². The SMILES string of the molecule is Cc1cc(C(C)(C)C)cc(C)c1-n1c(CC(C)(C)C)nnc1-c1ccccc1. The average Bonchev–Trinajstić information content (AvgIpc) is 2.96. The third kappa shape index (κ3) is 4.19. The molecule has 0 fully saturated rings. The molecule has 148 valence electrons. The van der Waals surface area contributed by atoms with Crippen LogP contribution in [0.2, 0.25) is 0 Å². The molecule has 3 heteroatoms. The van der Waals surface area contributed by atoms with E-state index in [2.05, 4.69) is 107 Å². The molecule has 0 spiro atoms. The van der Waals surface area contributed by atoms with Gasteiger partial charge in [-0.2, -0.15) is 0 Å². The van der Waals surface area contributed by atoms with Crippen molar-refractivity contribution in [2.75, 3.05) is 0 Å². The summed E-state index contributed by atoms with van der Waals surface area (Å²) in [6, 6.07) is 15.0. The second kappa shape index (κ2) is 7.20. The van der Waals surface area contributed by atoms with Gasteiger partial charge in [0.25, 0.3) is 0 Å². The first-order valence-corrected chi connectivity index (χ1v) is 10.1. The van der Waals surface area contributed by atoms with Crippen molar-refractivity contribution in [2.24, 2.45) is 5.41 Å². The topological polar surface area (TPSA) is 30.7 Å². The summed E-state index contributed by atoms with van der Waals surface area (Å²) in [6.07, 6.45) is 0.868. The third-order valence-electron chi connectivity index (χ3n) is 5.03. The summed E-state index contributed by atoms with van der Waals surface area (Å²) in [5.41, 5.74) is 6.43. The summed E-state index contributed by atoms with van der Waals surface area (Å²) in [4.78, 5) is 0. The van der Waals surface area contributed by atoms with Gasteiger partial charge in [0.2, 0.25) is 0 Å². The van der Waals surface area contributed by atoms with Gasteiger partial charge in [-0.1, -0.05) is 84.0 Å². The number of aromatic nitrogens is 3. The van der Waals surface area contributed by atoms with Crippen molar-refractivity contribution in [3.8, 4) is 17.1 Å². The highest BCUT2D eigenvalue weighted by Gasteiger charge is 2.24. The fourth-order valence-corrected chi connectivity index (χ4v) is 3.66. The summed E-state index contributed by atoms with van der Waals surface area (Å²) >= 11 is 0. The summed E-state index contributed by atoms with van der Waals surface area (Å²) in [5, 5.41) is 9.23. The van der Waals surface area contributed by atoms with Crippen LogP contribution in [0.5, 0.6) is 0 Å². The fraction of sp³-hybridized carbons (Fsp3) is 0.440. The third-order valence-corrected chi connectivity index (χ3v) is 5.03. The van der Waals surface area contributed by atoms with E-state index in [-0.39, 0.29) is 10.8 Å². The molecule has 0 unspecified atom stereocenters. The predicted octanol–water partition coefficient (Wildman–Crippen LogP) is 6.44. The van der Waals surface area contributed by atoms with Crippen LogP contribution in [0.1, 0.15) is 64.1 Å². The Morgan fingerprint density at radius 1 is 0.821 bits per heavy atom. The van der Waals surface area contributed by atoms with E-state index in [0.717, 1.165) is 23.6 Å². The summed E-state index contributed by atoms with van der Waals surface area (Å²) in [5.74, 6) is 1.93. The lowest BCUT2D eigenvalue weighted by Gasteiger charge is -2.24. The Hall–Kier alpha value is -2.42. The largest absolute Gasteiger partial charge is 0.278 e. The summed E-state index contributed by atoms with van der Waals surface area (Å²) < 4.78 is 2.28. The molecule has 0 aliphatic rings. The molecule has 3 aromatic rings. The zero-order valence-electron chi connectivity index (χ0n) is 18.6. The number of benzene rings is 2. The van der Waals surface area contributed by atoms with Gasteiger partial charge in [-0.25, -0.2) is 0 Å². The summed E-state index contributed by atoms with van der Waals surface area (Å²) in [7, 11) is 0. The molecule has 1 aromatic heterocycles. The molecule has 1 heterocycles. The molecule has 0 bridgehead atoms. The minimum absolute atomic E-state index is 0.123. The van der Waals surface area contributed by atoms with Gasteiger partial charge in [0.15, 0.2) is 5.82 Å². The van der Waals surface area contributed by atoms with E-state index in [1.54, 1.807) is 0 Å². The minimum atomic E-state index is 0.123. The van der Waals surface area contributed by atoms with Crippen molar-refractivity contribution in [1.82, 2.24) is 14.8 Å². The van der Waals surface area contributed by atoms with E-state index in [0.29, 0.717) is 0 Å². The first-order chi connectivity index (χ1) is 13.0. The van der Waals surface area contributed by atoms with Crippen LogP contribution in [0.3, 0.4) is 0 Å². The predicted molar refractivity (Wildman–Crippen MR) is 118 cm³/mol. The molecule has 0 N–H and O–H groups in total. The molecule has 28 heavy (non-hydrogen) atoms. The van der Waals surface area contributed by atoms with E-state index in [1.807, 2.05) is 6.07 Å². The molecule has 0 atom stereocenters. The van der Waals surface area contributed by atoms with Crippen molar-refractivity contribution in [2.45, 2.75) is 67.2 Å². The number of hydrogen-bond donors (Lipinski definition) is 0. The van der Waals surface area contributed by atoms with Gasteiger partial charge in [0, 0.05) is 12.0 Å². The highest BCUT2D eigenvalue weighted by atomic mass is 15.3. The van der Waals surface area contributed by atoms with Crippen LogP contribution < -0.4 is 0 Å². The molecule has 3 rings (SSSR count). The van der Waals surface area contributed by atoms with Crippen LogP contribution >= 0.6 is 0 Å². The second-order valence-corrected chi connectivity index (χ2v) is 10.1. The first kappa shape index (κ1) is 20.3. The highest BCUT2D eigenvalue weighted by molar-refractivity contribution is 5.62. The van der Waals surface area contributed by atoms with E-state index >= 15 is 0 Å². The molecule has 3 nitrogen and oxygen atoms in total. The van der Waals surface area contributed by atoms with Crippen LogP contribution in [-0.2, 0) is 11.8 Å². The van der Waals surface area contributed by atoms with Gasteiger partial charge < -0.3 is 0 Å². The zero-order chi connectivity index (χ0) is 20.7. The van der Waals surface area contributed by atoms with Crippen molar-refractivity contribution in [1.29, 1.82) is 0 Å². The maximum atomic E-state index is 4.62. The van der Waals surface area contributed by atoms with Gasteiger partial charge >= 0.3 is 0 Å². The molecule has 0 amide bonds. The molecule has 0 saturated carbocycles.